The van der Waals surface area contributed by atoms with E-state index in [1.54, 1.807) is 20.0 Å². The van der Waals surface area contributed by atoms with Gasteiger partial charge in [-0.05, 0) is 42.2 Å². The fourth-order valence-electron chi connectivity index (χ4n) is 2.48. The van der Waals surface area contributed by atoms with Gasteiger partial charge in [-0.3, -0.25) is 4.99 Å². The van der Waals surface area contributed by atoms with Gasteiger partial charge in [-0.1, -0.05) is 36.4 Å². The summed E-state index contributed by atoms with van der Waals surface area (Å²) in [5.74, 6) is 0.519. The Morgan fingerprint density at radius 1 is 1.08 bits per heavy atom. The van der Waals surface area contributed by atoms with Gasteiger partial charge < -0.3 is 15.4 Å². The van der Waals surface area contributed by atoms with Crippen molar-refractivity contribution in [3.05, 3.63) is 70.5 Å². The van der Waals surface area contributed by atoms with Crippen molar-refractivity contribution in [2.24, 2.45) is 4.99 Å². The lowest BCUT2D eigenvalue weighted by Gasteiger charge is -2.14. The van der Waals surface area contributed by atoms with E-state index in [0.29, 0.717) is 37.8 Å². The molecule has 134 valence electrons. The third-order valence-corrected chi connectivity index (χ3v) is 3.93. The number of hydrogen-bond acceptors (Lipinski definition) is 2. The van der Waals surface area contributed by atoms with Crippen LogP contribution in [-0.4, -0.2) is 19.6 Å². The summed E-state index contributed by atoms with van der Waals surface area (Å²) in [7, 11) is 1.73. The zero-order valence-electron chi connectivity index (χ0n) is 15.1. The van der Waals surface area contributed by atoms with Crippen LogP contribution in [-0.2, 0) is 24.4 Å². The van der Waals surface area contributed by atoms with Crippen LogP contribution in [0.4, 0.5) is 4.39 Å². The molecule has 0 aliphatic heterocycles. The van der Waals surface area contributed by atoms with Crippen molar-refractivity contribution in [1.82, 2.24) is 10.6 Å². The average Bonchev–Trinajstić information content (AvgIpc) is 2.63. The summed E-state index contributed by atoms with van der Waals surface area (Å²) in [6, 6.07) is 13.3. The quantitative estimate of drug-likeness (QED) is 0.597. The molecule has 25 heavy (non-hydrogen) atoms. The van der Waals surface area contributed by atoms with Crippen LogP contribution in [0.2, 0.25) is 0 Å². The van der Waals surface area contributed by atoms with Crippen LogP contribution in [0.25, 0.3) is 0 Å². The molecule has 4 nitrogen and oxygen atoms in total. The Bertz CT molecular complexity index is 716. The summed E-state index contributed by atoms with van der Waals surface area (Å²) in [5.41, 5.74) is 4.00. The van der Waals surface area contributed by atoms with Gasteiger partial charge in [0.05, 0.1) is 6.61 Å². The second-order valence-corrected chi connectivity index (χ2v) is 5.77. The molecule has 0 fully saturated rings. The molecule has 2 aromatic rings. The minimum Gasteiger partial charge on any atom is -0.377 e. The van der Waals surface area contributed by atoms with Gasteiger partial charge in [0.15, 0.2) is 5.96 Å². The molecule has 0 amide bonds. The van der Waals surface area contributed by atoms with Gasteiger partial charge in [0, 0.05) is 26.7 Å². The molecule has 0 radical (unpaired) electrons. The molecule has 5 heteroatoms. The first-order chi connectivity index (χ1) is 12.1. The highest BCUT2D eigenvalue weighted by molar-refractivity contribution is 5.79. The first kappa shape index (κ1) is 18.9. The average molecular weight is 343 g/mol. The monoisotopic (exact) mass is 343 g/mol. The lowest BCUT2D eigenvalue weighted by Crippen LogP contribution is -2.36. The normalized spacial score (nSPS) is 11.4. The van der Waals surface area contributed by atoms with Crippen LogP contribution in [0.5, 0.6) is 0 Å². The minimum atomic E-state index is -0.183. The zero-order chi connectivity index (χ0) is 18.1. The van der Waals surface area contributed by atoms with Gasteiger partial charge in [-0.25, -0.2) is 4.39 Å². The van der Waals surface area contributed by atoms with E-state index in [9.17, 15) is 4.39 Å². The highest BCUT2D eigenvalue weighted by Crippen LogP contribution is 2.10. The highest BCUT2D eigenvalue weighted by Gasteiger charge is 2.04. The predicted octanol–water partition coefficient (Wildman–Crippen LogP) is 3.54. The van der Waals surface area contributed by atoms with Gasteiger partial charge >= 0.3 is 0 Å². The fraction of sp³-hybridized carbons (Fsp3) is 0.350. The Labute approximate surface area is 149 Å². The highest BCUT2D eigenvalue weighted by atomic mass is 19.1. The summed E-state index contributed by atoms with van der Waals surface area (Å²) in [6.07, 6.45) is 0. The van der Waals surface area contributed by atoms with Crippen molar-refractivity contribution in [1.29, 1.82) is 0 Å². The Balaban J connectivity index is 1.91. The Kier molecular flexibility index (Phi) is 7.41. The molecule has 0 atom stereocenters. The molecular formula is C20H26FN3O. The number of benzene rings is 2. The van der Waals surface area contributed by atoms with E-state index < -0.39 is 0 Å². The third-order valence-electron chi connectivity index (χ3n) is 3.93. The van der Waals surface area contributed by atoms with Gasteiger partial charge in [0.25, 0.3) is 0 Å². The Hall–Kier alpha value is -2.40. The van der Waals surface area contributed by atoms with Crippen LogP contribution in [0, 0.1) is 12.7 Å². The topological polar surface area (TPSA) is 45.6 Å². The van der Waals surface area contributed by atoms with E-state index in [1.807, 2.05) is 25.1 Å². The van der Waals surface area contributed by atoms with Crippen molar-refractivity contribution < 1.29 is 9.13 Å². The summed E-state index contributed by atoms with van der Waals surface area (Å²) in [6.45, 7) is 6.30. The van der Waals surface area contributed by atoms with Crippen molar-refractivity contribution >= 4 is 5.96 Å². The number of nitrogens with zero attached hydrogens (tertiary/aromatic N) is 1. The summed E-state index contributed by atoms with van der Waals surface area (Å²) < 4.78 is 18.8. The van der Waals surface area contributed by atoms with Crippen molar-refractivity contribution in [3.63, 3.8) is 0 Å². The van der Waals surface area contributed by atoms with Crippen LogP contribution < -0.4 is 10.6 Å². The Morgan fingerprint density at radius 3 is 2.48 bits per heavy atom. The number of aryl methyl sites for hydroxylation is 1. The molecule has 0 saturated carbocycles. The zero-order valence-corrected chi connectivity index (χ0v) is 15.1. The van der Waals surface area contributed by atoms with Gasteiger partial charge in [-0.15, -0.1) is 0 Å². The molecule has 2 rings (SSSR count). The van der Waals surface area contributed by atoms with Crippen LogP contribution in [0.3, 0.4) is 0 Å². The molecule has 0 aromatic heterocycles. The van der Waals surface area contributed by atoms with E-state index in [0.717, 1.165) is 5.56 Å². The molecule has 2 aromatic carbocycles. The predicted molar refractivity (Wildman–Crippen MR) is 99.9 cm³/mol. The number of rotatable bonds is 7. The van der Waals surface area contributed by atoms with Crippen molar-refractivity contribution in [2.75, 3.05) is 13.7 Å². The minimum absolute atomic E-state index is 0.183. The van der Waals surface area contributed by atoms with Gasteiger partial charge in [0.2, 0.25) is 0 Å². The van der Waals surface area contributed by atoms with Crippen LogP contribution >= 0.6 is 0 Å². The standard InChI is InChI=1S/C20H26FN3O/c1-4-25-14-18-8-6-5-7-17(18)13-24-20(22-3)23-12-16-9-10-19(21)15(2)11-16/h5-11H,4,12-14H2,1-3H3,(H2,22,23,24). The molecule has 0 spiro atoms. The first-order valence-corrected chi connectivity index (χ1v) is 8.48. The molecule has 0 saturated heterocycles. The van der Waals surface area contributed by atoms with Crippen LogP contribution in [0.1, 0.15) is 29.2 Å². The molecular weight excluding hydrogens is 317 g/mol. The molecule has 0 aliphatic rings. The van der Waals surface area contributed by atoms with Gasteiger partial charge in [0.1, 0.15) is 5.82 Å². The number of halogens is 1. The maximum atomic E-state index is 13.3. The second-order valence-electron chi connectivity index (χ2n) is 5.77. The largest absolute Gasteiger partial charge is 0.377 e. The number of aliphatic imine (C=N–C) groups is 1. The molecule has 0 bridgehead atoms. The number of guanidine groups is 1. The first-order valence-electron chi connectivity index (χ1n) is 8.48. The Morgan fingerprint density at radius 2 is 1.80 bits per heavy atom. The molecule has 0 heterocycles. The lowest BCUT2D eigenvalue weighted by molar-refractivity contribution is 0.133. The van der Waals surface area contributed by atoms with E-state index in [2.05, 4.69) is 27.8 Å². The SMILES string of the molecule is CCOCc1ccccc1CNC(=NC)NCc1ccc(F)c(C)c1. The van der Waals surface area contributed by atoms with E-state index in [4.69, 9.17) is 4.74 Å². The summed E-state index contributed by atoms with van der Waals surface area (Å²) >= 11 is 0. The van der Waals surface area contributed by atoms with E-state index in [1.165, 1.54) is 17.2 Å². The number of ether oxygens (including phenoxy) is 1. The fourth-order valence-corrected chi connectivity index (χ4v) is 2.48. The molecule has 2 N–H and O–H groups in total. The molecule has 0 unspecified atom stereocenters. The van der Waals surface area contributed by atoms with Crippen molar-refractivity contribution in [3.8, 4) is 0 Å². The van der Waals surface area contributed by atoms with E-state index in [-0.39, 0.29) is 5.82 Å². The molecule has 0 aliphatic carbocycles. The number of nitrogens with one attached hydrogen (secondary N) is 2. The maximum Gasteiger partial charge on any atom is 0.191 e. The third kappa shape index (κ3) is 5.87. The lowest BCUT2D eigenvalue weighted by atomic mass is 10.1. The van der Waals surface area contributed by atoms with Gasteiger partial charge in [-0.2, -0.15) is 0 Å². The second kappa shape index (κ2) is 9.79. The van der Waals surface area contributed by atoms with Crippen molar-refractivity contribution in [2.45, 2.75) is 33.5 Å². The smallest absolute Gasteiger partial charge is 0.191 e. The van der Waals surface area contributed by atoms with E-state index >= 15 is 0 Å². The maximum absolute atomic E-state index is 13.3. The summed E-state index contributed by atoms with van der Waals surface area (Å²) in [5, 5.41) is 6.56. The van der Waals surface area contributed by atoms with Crippen LogP contribution in [0.15, 0.2) is 47.5 Å². The number of hydrogen-bond donors (Lipinski definition) is 2. The summed E-state index contributed by atoms with van der Waals surface area (Å²) in [4.78, 5) is 4.24.